The molecule has 4 rings (SSSR count). The van der Waals surface area contributed by atoms with E-state index >= 15 is 0 Å². The van der Waals surface area contributed by atoms with Gasteiger partial charge >= 0.3 is 6.03 Å². The Kier molecular flexibility index (Phi) is 9.21. The van der Waals surface area contributed by atoms with Crippen molar-refractivity contribution in [1.29, 1.82) is 0 Å². The molecule has 0 bridgehead atoms. The highest BCUT2D eigenvalue weighted by atomic mass is 19.1. The van der Waals surface area contributed by atoms with Gasteiger partial charge < -0.3 is 30.5 Å². The third-order valence-corrected chi connectivity index (χ3v) is 6.54. The molecule has 10 heteroatoms. The zero-order valence-corrected chi connectivity index (χ0v) is 22.9. The number of rotatable bonds is 8. The molecule has 40 heavy (non-hydrogen) atoms. The minimum absolute atomic E-state index is 0.0441. The van der Waals surface area contributed by atoms with Crippen molar-refractivity contribution in [3.63, 3.8) is 0 Å². The van der Waals surface area contributed by atoms with Gasteiger partial charge in [-0.25, -0.2) is 9.18 Å². The van der Waals surface area contributed by atoms with Crippen LogP contribution in [0.5, 0.6) is 5.75 Å². The second kappa shape index (κ2) is 13.0. The number of amides is 4. The summed E-state index contributed by atoms with van der Waals surface area (Å²) in [6.07, 6.45) is 0. The van der Waals surface area contributed by atoms with Gasteiger partial charge in [0, 0.05) is 55.7 Å². The Morgan fingerprint density at radius 1 is 0.900 bits per heavy atom. The third-order valence-electron chi connectivity index (χ3n) is 6.54. The molecule has 3 N–H and O–H groups in total. The Morgan fingerprint density at radius 3 is 2.20 bits per heavy atom. The van der Waals surface area contributed by atoms with Gasteiger partial charge in [0.15, 0.2) is 0 Å². The predicted molar refractivity (Wildman–Crippen MR) is 152 cm³/mol. The van der Waals surface area contributed by atoms with E-state index < -0.39 is 0 Å². The van der Waals surface area contributed by atoms with E-state index in [2.05, 4.69) is 20.9 Å². The maximum atomic E-state index is 13.4. The summed E-state index contributed by atoms with van der Waals surface area (Å²) in [5.41, 5.74) is 2.75. The molecule has 0 unspecified atom stereocenters. The largest absolute Gasteiger partial charge is 0.497 e. The molecule has 1 aliphatic heterocycles. The number of anilines is 2. The van der Waals surface area contributed by atoms with Crippen molar-refractivity contribution in [2.75, 3.05) is 43.5 Å². The monoisotopic (exact) mass is 547 g/mol. The van der Waals surface area contributed by atoms with Gasteiger partial charge in [0.25, 0.3) is 11.8 Å². The summed E-state index contributed by atoms with van der Waals surface area (Å²) in [5, 5.41) is 8.67. The fraction of sp³-hybridized carbons (Fsp3) is 0.300. The van der Waals surface area contributed by atoms with Crippen molar-refractivity contribution >= 4 is 29.2 Å². The van der Waals surface area contributed by atoms with E-state index in [9.17, 15) is 18.8 Å². The van der Waals surface area contributed by atoms with E-state index in [-0.39, 0.29) is 36.2 Å². The maximum absolute atomic E-state index is 13.4. The Morgan fingerprint density at radius 2 is 1.57 bits per heavy atom. The Hall–Kier alpha value is -4.60. The first-order valence-electron chi connectivity index (χ1n) is 13.2. The highest BCUT2D eigenvalue weighted by molar-refractivity contribution is 6.06. The van der Waals surface area contributed by atoms with Crippen LogP contribution in [0, 0.1) is 5.82 Å². The van der Waals surface area contributed by atoms with E-state index in [0.717, 1.165) is 5.56 Å². The molecule has 3 aromatic rings. The van der Waals surface area contributed by atoms with Crippen LogP contribution >= 0.6 is 0 Å². The molecule has 1 aliphatic rings. The van der Waals surface area contributed by atoms with Crippen LogP contribution in [-0.4, -0.2) is 62.1 Å². The highest BCUT2D eigenvalue weighted by Crippen LogP contribution is 2.26. The molecule has 210 valence electrons. The van der Waals surface area contributed by atoms with Crippen molar-refractivity contribution in [3.05, 3.63) is 89.2 Å². The molecule has 3 aromatic carbocycles. The molecular weight excluding hydrogens is 513 g/mol. The van der Waals surface area contributed by atoms with Crippen LogP contribution in [0.3, 0.4) is 0 Å². The molecule has 9 nitrogen and oxygen atoms in total. The molecule has 1 fully saturated rings. The molecule has 4 amide bonds. The van der Waals surface area contributed by atoms with Gasteiger partial charge in [-0.1, -0.05) is 12.1 Å². The first-order valence-corrected chi connectivity index (χ1v) is 13.2. The number of methoxy groups -OCH3 is 1. The summed E-state index contributed by atoms with van der Waals surface area (Å²) in [7, 11) is 1.56. The van der Waals surface area contributed by atoms with Crippen LogP contribution in [0.1, 0.15) is 40.1 Å². The average Bonchev–Trinajstić information content (AvgIpc) is 2.96. The first kappa shape index (κ1) is 28.4. The topological polar surface area (TPSA) is 103 Å². The lowest BCUT2D eigenvalue weighted by molar-refractivity contribution is 0.0949. The van der Waals surface area contributed by atoms with Gasteiger partial charge in [-0.15, -0.1) is 0 Å². The molecule has 0 spiro atoms. The lowest BCUT2D eigenvalue weighted by atomic mass is 10.1. The summed E-state index contributed by atoms with van der Waals surface area (Å²) in [5.74, 6) is -0.362. The lowest BCUT2D eigenvalue weighted by Crippen LogP contribution is -2.53. The number of halogens is 1. The van der Waals surface area contributed by atoms with Crippen molar-refractivity contribution in [1.82, 2.24) is 15.5 Å². The quantitative estimate of drug-likeness (QED) is 0.391. The number of hydrogen-bond acceptors (Lipinski definition) is 5. The number of hydrogen-bond donors (Lipinski definition) is 3. The molecule has 0 atom stereocenters. The molecule has 0 aliphatic carbocycles. The number of nitrogens with zero attached hydrogens (tertiary/aromatic N) is 2. The summed E-state index contributed by atoms with van der Waals surface area (Å²) >= 11 is 0. The van der Waals surface area contributed by atoms with Crippen molar-refractivity contribution in [3.8, 4) is 5.75 Å². The minimum Gasteiger partial charge on any atom is -0.497 e. The average molecular weight is 548 g/mol. The lowest BCUT2D eigenvalue weighted by Gasteiger charge is -2.37. The van der Waals surface area contributed by atoms with Crippen LogP contribution in [0.15, 0.2) is 66.7 Å². The van der Waals surface area contributed by atoms with E-state index in [1.54, 1.807) is 66.6 Å². The van der Waals surface area contributed by atoms with Gasteiger partial charge in [-0.05, 0) is 74.0 Å². The Balaban J connectivity index is 1.53. The number of carbonyl (C=O) groups excluding carboxylic acids is 3. The van der Waals surface area contributed by atoms with Crippen LogP contribution < -0.4 is 25.6 Å². The van der Waals surface area contributed by atoms with Gasteiger partial charge in [0.1, 0.15) is 11.6 Å². The molecule has 1 heterocycles. The molecule has 1 saturated heterocycles. The van der Waals surface area contributed by atoms with E-state index in [1.165, 1.54) is 12.1 Å². The number of benzene rings is 3. The molecule has 0 aromatic heterocycles. The standard InChI is InChI=1S/C30H34FN5O4/c1-20(2)33-30(39)36-16-14-35(15-17-36)27-13-10-24(34-28(37)22-6-11-25(40-3)12-7-22)18-26(27)29(38)32-19-21-4-8-23(31)9-5-21/h4-13,18,20H,14-17,19H2,1-3H3,(H,32,38)(H,33,39)(H,34,37). The fourth-order valence-electron chi connectivity index (χ4n) is 4.39. The van der Waals surface area contributed by atoms with Gasteiger partial charge in [0.2, 0.25) is 0 Å². The summed E-state index contributed by atoms with van der Waals surface area (Å²) in [6.45, 7) is 6.14. The Bertz CT molecular complexity index is 1340. The summed E-state index contributed by atoms with van der Waals surface area (Å²) in [4.78, 5) is 42.5. The molecule has 0 saturated carbocycles. The van der Waals surface area contributed by atoms with E-state index in [1.807, 2.05) is 13.8 Å². The van der Waals surface area contributed by atoms with Crippen LogP contribution in [0.2, 0.25) is 0 Å². The Labute approximate surface area is 233 Å². The van der Waals surface area contributed by atoms with E-state index in [4.69, 9.17) is 4.74 Å². The number of ether oxygens (including phenoxy) is 1. The van der Waals surface area contributed by atoms with Crippen molar-refractivity contribution in [2.45, 2.75) is 26.4 Å². The van der Waals surface area contributed by atoms with Crippen molar-refractivity contribution in [2.24, 2.45) is 0 Å². The SMILES string of the molecule is COc1ccc(C(=O)Nc2ccc(N3CCN(C(=O)NC(C)C)CC3)c(C(=O)NCc3ccc(F)cc3)c2)cc1. The predicted octanol–water partition coefficient (Wildman–Crippen LogP) is 4.26. The number of carbonyl (C=O) groups is 3. The van der Waals surface area contributed by atoms with Crippen LogP contribution in [-0.2, 0) is 6.54 Å². The smallest absolute Gasteiger partial charge is 0.317 e. The van der Waals surface area contributed by atoms with Gasteiger partial charge in [-0.2, -0.15) is 0 Å². The van der Waals surface area contributed by atoms with E-state index in [0.29, 0.717) is 54.4 Å². The van der Waals surface area contributed by atoms with Gasteiger partial charge in [0.05, 0.1) is 12.7 Å². The summed E-state index contributed by atoms with van der Waals surface area (Å²) < 4.78 is 18.4. The highest BCUT2D eigenvalue weighted by Gasteiger charge is 2.25. The van der Waals surface area contributed by atoms with Crippen LogP contribution in [0.4, 0.5) is 20.6 Å². The second-order valence-electron chi connectivity index (χ2n) is 9.80. The van der Waals surface area contributed by atoms with Crippen LogP contribution in [0.25, 0.3) is 0 Å². The third kappa shape index (κ3) is 7.28. The number of nitrogens with one attached hydrogen (secondary N) is 3. The second-order valence-corrected chi connectivity index (χ2v) is 9.80. The maximum Gasteiger partial charge on any atom is 0.317 e. The first-order chi connectivity index (χ1) is 19.2. The zero-order chi connectivity index (χ0) is 28.6. The molecule has 0 radical (unpaired) electrons. The van der Waals surface area contributed by atoms with Crippen molar-refractivity contribution < 1.29 is 23.5 Å². The van der Waals surface area contributed by atoms with Gasteiger partial charge in [-0.3, -0.25) is 9.59 Å². The molecular formula is C30H34FN5O4. The fourth-order valence-corrected chi connectivity index (χ4v) is 4.39. The number of urea groups is 1. The zero-order valence-electron chi connectivity index (χ0n) is 22.9. The summed E-state index contributed by atoms with van der Waals surface area (Å²) in [6, 6.07) is 17.8. The normalized spacial score (nSPS) is 13.1. The minimum atomic E-state index is -0.348. The number of piperazine rings is 1.